The molecule has 1 fully saturated rings. The molecule has 0 amide bonds. The highest BCUT2D eigenvalue weighted by Gasteiger charge is 2.58. The lowest BCUT2D eigenvalue weighted by Gasteiger charge is -2.47. The number of carbonyl (C=O) groups is 3. The zero-order valence-electron chi connectivity index (χ0n) is 12.6. The summed E-state index contributed by atoms with van der Waals surface area (Å²) in [5.74, 6) is -3.45. The number of carboxylic acid groups (broad SMARTS) is 3. The van der Waals surface area contributed by atoms with Crippen molar-refractivity contribution in [1.82, 2.24) is 0 Å². The molecule has 3 N–H and O–H groups in total. The predicted molar refractivity (Wildman–Crippen MR) is 72.4 cm³/mol. The van der Waals surface area contributed by atoms with Gasteiger partial charge in [0.25, 0.3) is 0 Å². The van der Waals surface area contributed by atoms with Gasteiger partial charge in [-0.15, -0.1) is 0 Å². The molecular weight excluding hydrogens is 278 g/mol. The van der Waals surface area contributed by atoms with Crippen LogP contribution in [0.3, 0.4) is 0 Å². The van der Waals surface area contributed by atoms with Gasteiger partial charge in [0.2, 0.25) is 0 Å². The summed E-state index contributed by atoms with van der Waals surface area (Å²) in [5.41, 5.74) is -4.00. The van der Waals surface area contributed by atoms with E-state index in [1.54, 1.807) is 6.07 Å². The fraction of sp³-hybridized carbons (Fsp3) is 0.714. The minimum Gasteiger partial charge on any atom is -0.481 e. The summed E-state index contributed by atoms with van der Waals surface area (Å²) in [6.07, 6.45) is -0.186. The second kappa shape index (κ2) is 6.12. The molecule has 0 radical (unpaired) electrons. The minimum absolute atomic E-state index is 0.0620. The number of nitrogens with zero attached hydrogens (tertiary/aromatic N) is 1. The highest BCUT2D eigenvalue weighted by Crippen LogP contribution is 2.54. The van der Waals surface area contributed by atoms with Crippen LogP contribution in [-0.2, 0) is 14.4 Å². The van der Waals surface area contributed by atoms with E-state index in [9.17, 15) is 29.7 Å². The average molecular weight is 299 g/mol. The Bertz CT molecular complexity index is 422. The Kier molecular flexibility index (Phi) is 5.51. The van der Waals surface area contributed by atoms with Crippen molar-refractivity contribution in [3.63, 3.8) is 0 Å². The third kappa shape index (κ3) is 3.94. The smallest absolute Gasteiger partial charge is 0.309 e. The van der Waals surface area contributed by atoms with E-state index in [4.69, 9.17) is 5.26 Å². The van der Waals surface area contributed by atoms with Gasteiger partial charge in [-0.25, -0.2) is 0 Å². The van der Waals surface area contributed by atoms with E-state index < -0.39 is 34.2 Å². The summed E-state index contributed by atoms with van der Waals surface area (Å²) < 4.78 is 0. The molecule has 0 bridgehead atoms. The number of hydrogen-bond donors (Lipinski definition) is 3. The Hall–Kier alpha value is -2.10. The van der Waals surface area contributed by atoms with E-state index >= 15 is 0 Å². The molecule has 0 aromatic heterocycles. The van der Waals surface area contributed by atoms with Crippen LogP contribution in [0.1, 0.15) is 47.0 Å². The molecule has 0 aromatic carbocycles. The first-order valence-electron chi connectivity index (χ1n) is 6.38. The monoisotopic (exact) mass is 299 g/mol. The molecule has 0 atom stereocenters. The molecule has 0 aromatic rings. The molecule has 1 rings (SSSR count). The van der Waals surface area contributed by atoms with E-state index in [-0.39, 0.29) is 19.3 Å². The number of rotatable bonds is 3. The Balaban J connectivity index is 0.00000122. The molecule has 118 valence electrons. The van der Waals surface area contributed by atoms with Crippen LogP contribution in [0.5, 0.6) is 0 Å². The lowest BCUT2D eigenvalue weighted by molar-refractivity contribution is -0.174. The molecule has 7 nitrogen and oxygen atoms in total. The van der Waals surface area contributed by atoms with Gasteiger partial charge in [0.15, 0.2) is 0 Å². The number of hydrogen-bond acceptors (Lipinski definition) is 4. The summed E-state index contributed by atoms with van der Waals surface area (Å²) in [4.78, 5) is 33.9. The van der Waals surface area contributed by atoms with Crippen molar-refractivity contribution >= 4 is 17.9 Å². The second-order valence-corrected chi connectivity index (χ2v) is 6.35. The highest BCUT2D eigenvalue weighted by molar-refractivity contribution is 5.83. The molecule has 21 heavy (non-hydrogen) atoms. The van der Waals surface area contributed by atoms with Crippen LogP contribution in [0, 0.1) is 27.6 Å². The molecule has 1 saturated carbocycles. The minimum atomic E-state index is -1.33. The van der Waals surface area contributed by atoms with Gasteiger partial charge >= 0.3 is 17.9 Å². The first kappa shape index (κ1) is 18.9. The number of carboxylic acids is 3. The van der Waals surface area contributed by atoms with Crippen molar-refractivity contribution in [1.29, 1.82) is 5.26 Å². The summed E-state index contributed by atoms with van der Waals surface area (Å²) >= 11 is 0. The molecule has 1 aliphatic rings. The van der Waals surface area contributed by atoms with Crippen LogP contribution in [0.25, 0.3) is 0 Å². The largest absolute Gasteiger partial charge is 0.481 e. The van der Waals surface area contributed by atoms with Gasteiger partial charge in [-0.3, -0.25) is 14.4 Å². The Morgan fingerprint density at radius 3 is 1.05 bits per heavy atom. The Morgan fingerprint density at radius 1 is 0.810 bits per heavy atom. The van der Waals surface area contributed by atoms with Crippen LogP contribution in [0.15, 0.2) is 0 Å². The first-order chi connectivity index (χ1) is 9.37. The van der Waals surface area contributed by atoms with Crippen LogP contribution in [0.2, 0.25) is 0 Å². The van der Waals surface area contributed by atoms with Crippen LogP contribution < -0.4 is 0 Å². The van der Waals surface area contributed by atoms with Crippen LogP contribution >= 0.6 is 0 Å². The maximum Gasteiger partial charge on any atom is 0.309 e. The summed E-state index contributed by atoms with van der Waals surface area (Å²) in [6.45, 7) is 5.67. The Morgan fingerprint density at radius 2 is 0.952 bits per heavy atom. The maximum atomic E-state index is 11.3. The second-order valence-electron chi connectivity index (χ2n) is 6.35. The molecule has 0 saturated heterocycles. The van der Waals surface area contributed by atoms with Gasteiger partial charge in [-0.1, -0.05) is 0 Å². The third-order valence-electron chi connectivity index (χ3n) is 3.89. The van der Waals surface area contributed by atoms with Gasteiger partial charge in [0, 0.05) is 6.92 Å². The van der Waals surface area contributed by atoms with Crippen molar-refractivity contribution in [3.8, 4) is 6.07 Å². The van der Waals surface area contributed by atoms with Gasteiger partial charge < -0.3 is 15.3 Å². The number of aliphatic carboxylic acids is 3. The van der Waals surface area contributed by atoms with Crippen molar-refractivity contribution in [2.45, 2.75) is 47.0 Å². The van der Waals surface area contributed by atoms with Gasteiger partial charge in [-0.05, 0) is 40.0 Å². The first-order valence-corrected chi connectivity index (χ1v) is 6.38. The average Bonchev–Trinajstić information content (AvgIpc) is 2.27. The fourth-order valence-corrected chi connectivity index (χ4v) is 3.22. The fourth-order valence-electron chi connectivity index (χ4n) is 3.22. The third-order valence-corrected chi connectivity index (χ3v) is 3.89. The van der Waals surface area contributed by atoms with Gasteiger partial charge in [0.1, 0.15) is 0 Å². The quantitative estimate of drug-likeness (QED) is 0.724. The molecular formula is C14H21NO6. The SMILES string of the molecule is CC#N.CC1(C(=O)O)CC(C)(C(=O)O)CC(C)(C(=O)O)C1. The van der Waals surface area contributed by atoms with E-state index in [0.717, 1.165) is 0 Å². The molecule has 0 unspecified atom stereocenters. The topological polar surface area (TPSA) is 136 Å². The normalized spacial score (nSPS) is 34.8. The Labute approximate surface area is 123 Å². The summed E-state index contributed by atoms with van der Waals surface area (Å²) in [7, 11) is 0. The molecule has 0 spiro atoms. The molecule has 7 heteroatoms. The standard InChI is InChI=1S/C12H18O6.C2H3N/c1-10(7(13)14)4-11(2,8(15)16)6-12(3,5-10)9(17)18;1-2-3/h4-6H2,1-3H3,(H,13,14)(H,15,16)(H,17,18);1H3. The summed E-state index contributed by atoms with van der Waals surface area (Å²) in [5, 5.41) is 35.0. The van der Waals surface area contributed by atoms with Crippen LogP contribution in [-0.4, -0.2) is 33.2 Å². The zero-order valence-corrected chi connectivity index (χ0v) is 12.6. The maximum absolute atomic E-state index is 11.3. The van der Waals surface area contributed by atoms with Gasteiger partial charge in [-0.2, -0.15) is 5.26 Å². The van der Waals surface area contributed by atoms with E-state index in [1.165, 1.54) is 27.7 Å². The molecule has 0 aliphatic heterocycles. The van der Waals surface area contributed by atoms with Crippen molar-refractivity contribution in [3.05, 3.63) is 0 Å². The van der Waals surface area contributed by atoms with E-state index in [0.29, 0.717) is 0 Å². The summed E-state index contributed by atoms with van der Waals surface area (Å²) in [6, 6.07) is 1.75. The lowest BCUT2D eigenvalue weighted by atomic mass is 9.54. The van der Waals surface area contributed by atoms with Crippen molar-refractivity contribution in [2.24, 2.45) is 16.2 Å². The number of nitriles is 1. The predicted octanol–water partition coefficient (Wildman–Crippen LogP) is 1.97. The van der Waals surface area contributed by atoms with Crippen LogP contribution in [0.4, 0.5) is 0 Å². The zero-order chi connectivity index (χ0) is 17.1. The van der Waals surface area contributed by atoms with Crippen molar-refractivity contribution < 1.29 is 29.7 Å². The van der Waals surface area contributed by atoms with E-state index in [2.05, 4.69) is 0 Å². The highest BCUT2D eigenvalue weighted by atomic mass is 16.4. The molecule has 1 aliphatic carbocycles. The lowest BCUT2D eigenvalue weighted by Crippen LogP contribution is -2.51. The van der Waals surface area contributed by atoms with Gasteiger partial charge in [0.05, 0.1) is 22.3 Å². The van der Waals surface area contributed by atoms with E-state index in [1.807, 2.05) is 0 Å². The van der Waals surface area contributed by atoms with Crippen molar-refractivity contribution in [2.75, 3.05) is 0 Å². The molecule has 0 heterocycles.